The number of carbonyl (C=O) groups excluding carboxylic acids is 1. The smallest absolute Gasteiger partial charge is 0.234 e. The second-order valence-corrected chi connectivity index (χ2v) is 10.3. The number of nitrogens with zero attached hydrogens (tertiary/aromatic N) is 5. The van der Waals surface area contributed by atoms with E-state index in [1.165, 1.54) is 11.8 Å². The number of fused-ring (bicyclic) bond motifs is 1. The van der Waals surface area contributed by atoms with Crippen LogP contribution in [-0.2, 0) is 11.3 Å². The number of rotatable bonds is 9. The summed E-state index contributed by atoms with van der Waals surface area (Å²) in [5.41, 5.74) is 5.34. The van der Waals surface area contributed by atoms with Crippen molar-refractivity contribution in [2.75, 3.05) is 11.1 Å². The zero-order valence-corrected chi connectivity index (χ0v) is 23.2. The Morgan fingerprint density at radius 3 is 2.58 bits per heavy atom. The summed E-state index contributed by atoms with van der Waals surface area (Å²) in [5, 5.41) is 26.2. The summed E-state index contributed by atoms with van der Waals surface area (Å²) in [7, 11) is 0. The molecule has 1 amide bonds. The minimum Gasteiger partial charge on any atom is -0.411 e. The maximum absolute atomic E-state index is 12.7. The first-order valence-corrected chi connectivity index (χ1v) is 13.7. The lowest BCUT2D eigenvalue weighted by atomic mass is 10.0. The number of pyridine rings is 1. The molecule has 0 aliphatic rings. The van der Waals surface area contributed by atoms with E-state index in [9.17, 15) is 4.79 Å². The third kappa shape index (κ3) is 5.90. The van der Waals surface area contributed by atoms with E-state index in [1.807, 2.05) is 59.2 Å². The fourth-order valence-electron chi connectivity index (χ4n) is 4.20. The summed E-state index contributed by atoms with van der Waals surface area (Å²) in [6.07, 6.45) is 1.78. The van der Waals surface area contributed by atoms with Crippen LogP contribution in [0.1, 0.15) is 12.5 Å². The van der Waals surface area contributed by atoms with Gasteiger partial charge in [-0.3, -0.25) is 9.36 Å². The second kappa shape index (κ2) is 12.1. The molecule has 5 rings (SSSR count). The monoisotopic (exact) mass is 568 g/mol. The largest absolute Gasteiger partial charge is 0.411 e. The normalized spacial score (nSPS) is 11.5. The lowest BCUT2D eigenvalue weighted by molar-refractivity contribution is -0.113. The van der Waals surface area contributed by atoms with Crippen molar-refractivity contribution in [1.82, 2.24) is 19.7 Å². The van der Waals surface area contributed by atoms with Gasteiger partial charge >= 0.3 is 0 Å². The Labute approximate surface area is 240 Å². The van der Waals surface area contributed by atoms with Crippen molar-refractivity contribution in [3.05, 3.63) is 102 Å². The van der Waals surface area contributed by atoms with Gasteiger partial charge < -0.3 is 10.5 Å². The van der Waals surface area contributed by atoms with E-state index < -0.39 is 0 Å². The number of oxime groups is 1. The van der Waals surface area contributed by atoms with Crippen LogP contribution in [0.15, 0.2) is 102 Å². The van der Waals surface area contributed by atoms with Crippen LogP contribution in [0.2, 0.25) is 5.02 Å². The van der Waals surface area contributed by atoms with Gasteiger partial charge in [-0.1, -0.05) is 77.1 Å². The molecular formula is C30H25ClN6O2S. The Balaban J connectivity index is 1.42. The zero-order chi connectivity index (χ0) is 28.1. The third-order valence-corrected chi connectivity index (χ3v) is 7.41. The van der Waals surface area contributed by atoms with E-state index in [-0.39, 0.29) is 11.7 Å². The highest BCUT2D eigenvalue weighted by Crippen LogP contribution is 2.33. The second-order valence-electron chi connectivity index (χ2n) is 8.88. The number of aromatic nitrogens is 4. The van der Waals surface area contributed by atoms with E-state index in [2.05, 4.69) is 27.2 Å². The Bertz CT molecular complexity index is 1720. The molecule has 0 fully saturated rings. The number of para-hydroxylation sites is 1. The predicted octanol–water partition coefficient (Wildman–Crippen LogP) is 6.93. The van der Waals surface area contributed by atoms with Crippen molar-refractivity contribution >= 4 is 51.6 Å². The highest BCUT2D eigenvalue weighted by Gasteiger charge is 2.19. The molecule has 0 spiro atoms. The molecule has 2 aromatic heterocycles. The molecule has 200 valence electrons. The molecule has 10 heteroatoms. The van der Waals surface area contributed by atoms with Crippen LogP contribution in [0.5, 0.6) is 0 Å². The number of anilines is 1. The number of thioether (sulfide) groups is 1. The number of hydrogen-bond donors (Lipinski definition) is 2. The van der Waals surface area contributed by atoms with Gasteiger partial charge in [0, 0.05) is 33.8 Å². The number of halogens is 1. The summed E-state index contributed by atoms with van der Waals surface area (Å²) < 4.78 is 1.95. The third-order valence-electron chi connectivity index (χ3n) is 6.19. The number of allylic oxidation sites excluding steroid dienone is 1. The Morgan fingerprint density at radius 2 is 1.85 bits per heavy atom. The SMILES string of the molecule is C=CCn1c(SCC(=O)Nc2ccc(/C(C)=N\O)cc2)nnc1-c1cc(-c2ccc(Cl)cc2)nc2ccccc12. The van der Waals surface area contributed by atoms with Crippen molar-refractivity contribution in [2.45, 2.75) is 18.6 Å². The van der Waals surface area contributed by atoms with E-state index >= 15 is 0 Å². The van der Waals surface area contributed by atoms with E-state index in [0.29, 0.717) is 33.9 Å². The fourth-order valence-corrected chi connectivity index (χ4v) is 5.07. The van der Waals surface area contributed by atoms with Crippen LogP contribution in [0, 0.1) is 0 Å². The van der Waals surface area contributed by atoms with Gasteiger partial charge in [0.15, 0.2) is 11.0 Å². The highest BCUT2D eigenvalue weighted by molar-refractivity contribution is 7.99. The highest BCUT2D eigenvalue weighted by atomic mass is 35.5. The van der Waals surface area contributed by atoms with E-state index in [1.54, 1.807) is 37.3 Å². The number of nitrogens with one attached hydrogen (secondary N) is 1. The predicted molar refractivity (Wildman–Crippen MR) is 161 cm³/mol. The minimum absolute atomic E-state index is 0.140. The molecule has 0 aliphatic carbocycles. The molecular weight excluding hydrogens is 544 g/mol. The van der Waals surface area contributed by atoms with Crippen LogP contribution in [-0.4, -0.2) is 42.3 Å². The molecule has 2 heterocycles. The molecule has 8 nitrogen and oxygen atoms in total. The molecule has 40 heavy (non-hydrogen) atoms. The van der Waals surface area contributed by atoms with Gasteiger partial charge in [-0.25, -0.2) is 4.98 Å². The number of hydrogen-bond acceptors (Lipinski definition) is 7. The van der Waals surface area contributed by atoms with Crippen molar-refractivity contribution in [2.24, 2.45) is 5.16 Å². The van der Waals surface area contributed by atoms with E-state index in [0.717, 1.165) is 33.3 Å². The van der Waals surface area contributed by atoms with Crippen molar-refractivity contribution in [3.63, 3.8) is 0 Å². The fraction of sp³-hybridized carbons (Fsp3) is 0.100. The lowest BCUT2D eigenvalue weighted by Gasteiger charge is -2.12. The topological polar surface area (TPSA) is 105 Å². The first kappa shape index (κ1) is 27.1. The maximum Gasteiger partial charge on any atom is 0.234 e. The van der Waals surface area contributed by atoms with Gasteiger partial charge in [0.2, 0.25) is 5.91 Å². The van der Waals surface area contributed by atoms with Crippen molar-refractivity contribution in [1.29, 1.82) is 0 Å². The van der Waals surface area contributed by atoms with Crippen LogP contribution in [0.3, 0.4) is 0 Å². The molecule has 5 aromatic rings. The molecule has 2 N–H and O–H groups in total. The molecule has 0 saturated heterocycles. The summed E-state index contributed by atoms with van der Waals surface area (Å²) in [6.45, 7) is 6.07. The van der Waals surface area contributed by atoms with Crippen LogP contribution < -0.4 is 5.32 Å². The molecule has 0 atom stereocenters. The summed E-state index contributed by atoms with van der Waals surface area (Å²) >= 11 is 7.40. The molecule has 0 saturated carbocycles. The first-order valence-electron chi connectivity index (χ1n) is 12.4. The number of carbonyl (C=O) groups is 1. The zero-order valence-electron chi connectivity index (χ0n) is 21.6. The molecule has 3 aromatic carbocycles. The molecule has 0 radical (unpaired) electrons. The van der Waals surface area contributed by atoms with Gasteiger partial charge in [-0.15, -0.1) is 16.8 Å². The van der Waals surface area contributed by atoms with Gasteiger partial charge in [0.05, 0.1) is 22.7 Å². The summed E-state index contributed by atoms with van der Waals surface area (Å²) in [5.74, 6) is 0.619. The Kier molecular flexibility index (Phi) is 8.23. The minimum atomic E-state index is -0.181. The van der Waals surface area contributed by atoms with Crippen molar-refractivity contribution < 1.29 is 10.0 Å². The van der Waals surface area contributed by atoms with Crippen molar-refractivity contribution in [3.8, 4) is 22.6 Å². The van der Waals surface area contributed by atoms with Gasteiger partial charge in [0.1, 0.15) is 0 Å². The van der Waals surface area contributed by atoms with Gasteiger partial charge in [0.25, 0.3) is 0 Å². The molecule has 0 bridgehead atoms. The summed E-state index contributed by atoms with van der Waals surface area (Å²) in [6, 6.07) is 24.5. The lowest BCUT2D eigenvalue weighted by Crippen LogP contribution is -2.14. The number of amides is 1. The molecule has 0 aliphatic heterocycles. The Morgan fingerprint density at radius 1 is 1.10 bits per heavy atom. The van der Waals surface area contributed by atoms with Crippen LogP contribution in [0.25, 0.3) is 33.5 Å². The van der Waals surface area contributed by atoms with Gasteiger partial charge in [-0.2, -0.15) is 0 Å². The maximum atomic E-state index is 12.7. The van der Waals surface area contributed by atoms with Crippen LogP contribution in [0.4, 0.5) is 5.69 Å². The molecule has 0 unspecified atom stereocenters. The van der Waals surface area contributed by atoms with Gasteiger partial charge in [-0.05, 0) is 48.9 Å². The van der Waals surface area contributed by atoms with Crippen LogP contribution >= 0.6 is 23.4 Å². The summed E-state index contributed by atoms with van der Waals surface area (Å²) in [4.78, 5) is 17.6. The standard InChI is InChI=1S/C30H25ClN6O2S/c1-3-16-37-29(25-17-27(21-8-12-22(31)13-9-21)33-26-7-5-4-6-24(25)26)34-35-30(37)40-18-28(38)32-23-14-10-20(11-15-23)19(2)36-39/h3-15,17,39H,1,16,18H2,2H3,(H,32,38)/b36-19-. The average Bonchev–Trinajstić information content (AvgIpc) is 3.38. The van der Waals surface area contributed by atoms with E-state index in [4.69, 9.17) is 21.8 Å². The quantitative estimate of drug-likeness (QED) is 0.0656. The first-order chi connectivity index (χ1) is 19.5. The average molecular weight is 569 g/mol. The number of benzene rings is 3. The Hall–Kier alpha value is -4.47.